The SMILES string of the molecule is O=C(C[C@H]1CCS(=O)(=O)C1)OCC(=O)c1ccc(Br)s1. The van der Waals surface area contributed by atoms with Crippen molar-refractivity contribution < 1.29 is 22.7 Å². The van der Waals surface area contributed by atoms with E-state index in [9.17, 15) is 18.0 Å². The first-order chi connectivity index (χ1) is 9.35. The Labute approximate surface area is 129 Å². The van der Waals surface area contributed by atoms with Crippen molar-refractivity contribution in [1.29, 1.82) is 0 Å². The van der Waals surface area contributed by atoms with Gasteiger partial charge in [-0.15, -0.1) is 11.3 Å². The number of Topliss-reactive ketones (excluding diaryl/α,β-unsaturated/α-hetero) is 1. The summed E-state index contributed by atoms with van der Waals surface area (Å²) in [6.45, 7) is -0.300. The molecule has 1 atom stereocenters. The summed E-state index contributed by atoms with van der Waals surface area (Å²) < 4.78 is 28.3. The van der Waals surface area contributed by atoms with E-state index in [1.165, 1.54) is 11.3 Å². The predicted molar refractivity (Wildman–Crippen MR) is 78.7 cm³/mol. The summed E-state index contributed by atoms with van der Waals surface area (Å²) >= 11 is 4.53. The van der Waals surface area contributed by atoms with Gasteiger partial charge < -0.3 is 4.74 Å². The Hall–Kier alpha value is -0.730. The lowest BCUT2D eigenvalue weighted by atomic mass is 10.1. The fourth-order valence-electron chi connectivity index (χ4n) is 2.01. The molecule has 1 fully saturated rings. The normalized spacial score (nSPS) is 20.8. The van der Waals surface area contributed by atoms with Crippen LogP contribution in [0.1, 0.15) is 22.5 Å². The second-order valence-corrected chi connectivity index (χ2v) is 9.35. The molecule has 1 aromatic heterocycles. The summed E-state index contributed by atoms with van der Waals surface area (Å²) in [6.07, 6.45) is 0.546. The van der Waals surface area contributed by atoms with Crippen LogP contribution in [0.25, 0.3) is 0 Å². The quantitative estimate of drug-likeness (QED) is 0.576. The third-order valence-corrected chi connectivity index (χ3v) is 6.50. The molecule has 8 heteroatoms. The van der Waals surface area contributed by atoms with Gasteiger partial charge in [-0.1, -0.05) is 0 Å². The number of carbonyl (C=O) groups excluding carboxylic acids is 2. The molecule has 5 nitrogen and oxygen atoms in total. The van der Waals surface area contributed by atoms with Crippen molar-refractivity contribution in [3.63, 3.8) is 0 Å². The highest BCUT2D eigenvalue weighted by molar-refractivity contribution is 9.11. The van der Waals surface area contributed by atoms with Gasteiger partial charge in [-0.05, 0) is 40.4 Å². The number of halogens is 1. The third kappa shape index (κ3) is 4.39. The maximum absolute atomic E-state index is 11.7. The number of hydrogen-bond donors (Lipinski definition) is 0. The zero-order valence-electron chi connectivity index (χ0n) is 10.5. The molecule has 1 aliphatic heterocycles. The molecule has 0 aromatic carbocycles. The lowest BCUT2D eigenvalue weighted by Crippen LogP contribution is -2.17. The van der Waals surface area contributed by atoms with Crippen LogP contribution < -0.4 is 0 Å². The lowest BCUT2D eigenvalue weighted by Gasteiger charge is -2.07. The van der Waals surface area contributed by atoms with E-state index in [0.717, 1.165) is 3.79 Å². The van der Waals surface area contributed by atoms with Gasteiger partial charge in [-0.25, -0.2) is 8.42 Å². The first-order valence-corrected chi connectivity index (χ1v) is 9.43. The summed E-state index contributed by atoms with van der Waals surface area (Å²) in [5.74, 6) is -0.788. The van der Waals surface area contributed by atoms with Crippen molar-refractivity contribution in [2.75, 3.05) is 18.1 Å². The van der Waals surface area contributed by atoms with E-state index in [0.29, 0.717) is 11.3 Å². The molecular formula is C12H13BrO5S2. The molecule has 2 rings (SSSR count). The number of ether oxygens (including phenoxy) is 1. The van der Waals surface area contributed by atoms with Gasteiger partial charge in [0.25, 0.3) is 0 Å². The second kappa shape index (κ2) is 6.36. The number of carbonyl (C=O) groups is 2. The minimum absolute atomic E-state index is 0.0356. The maximum Gasteiger partial charge on any atom is 0.306 e. The van der Waals surface area contributed by atoms with Gasteiger partial charge in [0, 0.05) is 6.42 Å². The van der Waals surface area contributed by atoms with Crippen molar-refractivity contribution in [1.82, 2.24) is 0 Å². The minimum atomic E-state index is -2.99. The summed E-state index contributed by atoms with van der Waals surface area (Å²) in [7, 11) is -2.99. The first kappa shape index (κ1) is 15.7. The Morgan fingerprint density at radius 1 is 1.40 bits per heavy atom. The van der Waals surface area contributed by atoms with Crippen LogP contribution >= 0.6 is 27.3 Å². The Balaban J connectivity index is 1.77. The third-order valence-electron chi connectivity index (χ3n) is 2.99. The number of rotatable bonds is 5. The summed E-state index contributed by atoms with van der Waals surface area (Å²) in [4.78, 5) is 23.8. The summed E-state index contributed by atoms with van der Waals surface area (Å²) in [5, 5.41) is 0. The van der Waals surface area contributed by atoms with E-state index < -0.39 is 15.8 Å². The molecule has 110 valence electrons. The van der Waals surface area contributed by atoms with Crippen LogP contribution in [0.3, 0.4) is 0 Å². The van der Waals surface area contributed by atoms with Gasteiger partial charge in [-0.2, -0.15) is 0 Å². The van der Waals surface area contributed by atoms with E-state index in [1.807, 2.05) is 0 Å². The average Bonchev–Trinajstić information content (AvgIpc) is 2.92. The molecule has 0 aliphatic carbocycles. The summed E-state index contributed by atoms with van der Waals surface area (Å²) in [6, 6.07) is 3.41. The molecule has 0 saturated carbocycles. The Kier molecular flexibility index (Phi) is 4.98. The van der Waals surface area contributed by atoms with E-state index in [4.69, 9.17) is 4.74 Å². The molecule has 0 unspecified atom stereocenters. The van der Waals surface area contributed by atoms with Crippen LogP contribution in [0, 0.1) is 5.92 Å². The minimum Gasteiger partial charge on any atom is -0.457 e. The monoisotopic (exact) mass is 380 g/mol. The molecule has 0 N–H and O–H groups in total. The van der Waals surface area contributed by atoms with Crippen molar-refractivity contribution in [3.05, 3.63) is 20.8 Å². The number of thiophene rings is 1. The number of hydrogen-bond acceptors (Lipinski definition) is 6. The lowest BCUT2D eigenvalue weighted by molar-refractivity contribution is -0.143. The topological polar surface area (TPSA) is 77.5 Å². The summed E-state index contributed by atoms with van der Waals surface area (Å²) in [5.41, 5.74) is 0. The Morgan fingerprint density at radius 3 is 2.70 bits per heavy atom. The van der Waals surface area contributed by atoms with Gasteiger partial charge in [0.15, 0.2) is 16.4 Å². The number of esters is 1. The maximum atomic E-state index is 11.7. The van der Waals surface area contributed by atoms with Gasteiger partial charge in [0.05, 0.1) is 20.2 Å². The molecule has 0 amide bonds. The van der Waals surface area contributed by atoms with Crippen molar-refractivity contribution in [3.8, 4) is 0 Å². The van der Waals surface area contributed by atoms with E-state index >= 15 is 0 Å². The number of ketones is 1. The largest absolute Gasteiger partial charge is 0.457 e. The standard InChI is InChI=1S/C12H13BrO5S2/c13-11-2-1-10(19-11)9(14)6-18-12(15)5-8-3-4-20(16,17)7-8/h1-2,8H,3-7H2/t8-/m1/s1. The molecule has 20 heavy (non-hydrogen) atoms. The molecule has 0 bridgehead atoms. The highest BCUT2D eigenvalue weighted by Gasteiger charge is 2.30. The fraction of sp³-hybridized carbons (Fsp3) is 0.500. The van der Waals surface area contributed by atoms with E-state index in [-0.39, 0.29) is 36.2 Å². The second-order valence-electron chi connectivity index (χ2n) is 4.66. The number of sulfone groups is 1. The molecule has 0 radical (unpaired) electrons. The van der Waals surface area contributed by atoms with Crippen LogP contribution in [0.2, 0.25) is 0 Å². The van der Waals surface area contributed by atoms with E-state index in [2.05, 4.69) is 15.9 Å². The molecule has 1 saturated heterocycles. The van der Waals surface area contributed by atoms with Gasteiger partial charge in [0.1, 0.15) is 0 Å². The van der Waals surface area contributed by atoms with Crippen molar-refractivity contribution in [2.24, 2.45) is 5.92 Å². The Morgan fingerprint density at radius 2 is 2.15 bits per heavy atom. The molecule has 0 spiro atoms. The van der Waals surface area contributed by atoms with Crippen LogP contribution in [-0.2, 0) is 19.4 Å². The van der Waals surface area contributed by atoms with Gasteiger partial charge >= 0.3 is 5.97 Å². The molecule has 2 heterocycles. The average molecular weight is 381 g/mol. The zero-order valence-corrected chi connectivity index (χ0v) is 13.7. The molecule has 1 aliphatic rings. The van der Waals surface area contributed by atoms with Crippen molar-refractivity contribution >= 4 is 48.9 Å². The van der Waals surface area contributed by atoms with Crippen LogP contribution in [0.4, 0.5) is 0 Å². The van der Waals surface area contributed by atoms with Crippen LogP contribution in [0.15, 0.2) is 15.9 Å². The molecular weight excluding hydrogens is 368 g/mol. The first-order valence-electron chi connectivity index (χ1n) is 6.00. The highest BCUT2D eigenvalue weighted by atomic mass is 79.9. The van der Waals surface area contributed by atoms with E-state index in [1.54, 1.807) is 12.1 Å². The van der Waals surface area contributed by atoms with Crippen molar-refractivity contribution in [2.45, 2.75) is 12.8 Å². The zero-order chi connectivity index (χ0) is 14.8. The van der Waals surface area contributed by atoms with Gasteiger partial charge in [-0.3, -0.25) is 9.59 Å². The highest BCUT2D eigenvalue weighted by Crippen LogP contribution is 2.23. The van der Waals surface area contributed by atoms with Gasteiger partial charge in [0.2, 0.25) is 5.78 Å². The predicted octanol–water partition coefficient (Wildman–Crippen LogP) is 2.06. The van der Waals surface area contributed by atoms with Crippen LogP contribution in [0.5, 0.6) is 0 Å². The molecule has 1 aromatic rings. The van der Waals surface area contributed by atoms with Crippen LogP contribution in [-0.4, -0.2) is 38.3 Å². The smallest absolute Gasteiger partial charge is 0.306 e. The Bertz CT molecular complexity index is 620. The fourth-order valence-corrected chi connectivity index (χ4v) is 5.18.